The molecule has 2 aromatic carbocycles. The molecule has 2 heterocycles. The van der Waals surface area contributed by atoms with Crippen molar-refractivity contribution in [1.29, 1.82) is 0 Å². The monoisotopic (exact) mass is 529 g/mol. The Morgan fingerprint density at radius 3 is 2.43 bits per heavy atom. The van der Waals surface area contributed by atoms with E-state index in [1.165, 1.54) is 6.26 Å². The van der Waals surface area contributed by atoms with Gasteiger partial charge in [-0.15, -0.1) is 0 Å². The van der Waals surface area contributed by atoms with Gasteiger partial charge in [-0.05, 0) is 86.8 Å². The zero-order valence-electron chi connectivity index (χ0n) is 15.5. The number of esters is 2. The minimum atomic E-state index is -0.580. The summed E-state index contributed by atoms with van der Waals surface area (Å²) >= 11 is 6.83. The number of cyclic esters (lactones) is 1. The Bertz CT molecular complexity index is 1170. The molecular weight excluding hydrogens is 518 g/mol. The number of hydrogen-bond acceptors (Lipinski definition) is 6. The maximum Gasteiger partial charge on any atom is 0.363 e. The van der Waals surface area contributed by atoms with E-state index < -0.39 is 11.9 Å². The van der Waals surface area contributed by atoms with Crippen LogP contribution in [0, 0.1) is 6.92 Å². The van der Waals surface area contributed by atoms with E-state index in [4.69, 9.17) is 13.9 Å². The van der Waals surface area contributed by atoms with Crippen molar-refractivity contribution in [2.24, 2.45) is 4.99 Å². The van der Waals surface area contributed by atoms with Crippen molar-refractivity contribution in [3.8, 4) is 5.75 Å². The number of benzene rings is 2. The van der Waals surface area contributed by atoms with Crippen molar-refractivity contribution in [3.63, 3.8) is 0 Å². The number of carbonyl (C=O) groups excluding carboxylic acids is 2. The summed E-state index contributed by atoms with van der Waals surface area (Å²) in [6.07, 6.45) is 3.04. The van der Waals surface area contributed by atoms with Crippen molar-refractivity contribution in [2.45, 2.75) is 6.92 Å². The van der Waals surface area contributed by atoms with E-state index in [1.54, 1.807) is 42.5 Å². The minimum Gasteiger partial charge on any atom is -0.459 e. The van der Waals surface area contributed by atoms with E-state index in [0.29, 0.717) is 31.6 Å². The molecular formula is C22H13Br2NO5. The lowest BCUT2D eigenvalue weighted by molar-refractivity contribution is -0.130. The second-order valence-electron chi connectivity index (χ2n) is 6.38. The highest BCUT2D eigenvalue weighted by Gasteiger charge is 2.26. The molecule has 0 atom stereocenters. The molecule has 0 bridgehead atoms. The molecule has 150 valence electrons. The highest BCUT2D eigenvalue weighted by Crippen LogP contribution is 2.36. The SMILES string of the molecule is Cc1ccc(C(=O)Oc2c(Br)cc(/C=C3\N=C(c4ccco4)OC3=O)cc2Br)cc1. The molecule has 0 radical (unpaired) electrons. The molecule has 0 amide bonds. The van der Waals surface area contributed by atoms with Crippen molar-refractivity contribution >= 4 is 55.8 Å². The summed E-state index contributed by atoms with van der Waals surface area (Å²) in [7, 11) is 0. The minimum absolute atomic E-state index is 0.109. The van der Waals surface area contributed by atoms with Crippen LogP contribution in [-0.2, 0) is 9.53 Å². The third kappa shape index (κ3) is 4.29. The summed E-state index contributed by atoms with van der Waals surface area (Å²) in [6, 6.07) is 13.9. The van der Waals surface area contributed by atoms with Gasteiger partial charge in [-0.3, -0.25) is 0 Å². The van der Waals surface area contributed by atoms with E-state index in [0.717, 1.165) is 5.56 Å². The molecule has 1 aromatic heterocycles. The Hall–Kier alpha value is -2.97. The summed E-state index contributed by atoms with van der Waals surface area (Å²) in [5, 5.41) is 0. The number of aliphatic imine (C=N–C) groups is 1. The van der Waals surface area contributed by atoms with E-state index in [9.17, 15) is 9.59 Å². The molecule has 0 fully saturated rings. The number of ether oxygens (including phenoxy) is 2. The zero-order chi connectivity index (χ0) is 21.3. The van der Waals surface area contributed by atoms with Crippen LogP contribution >= 0.6 is 31.9 Å². The van der Waals surface area contributed by atoms with E-state index in [2.05, 4.69) is 36.9 Å². The Morgan fingerprint density at radius 2 is 1.80 bits per heavy atom. The molecule has 0 N–H and O–H groups in total. The molecule has 0 unspecified atom stereocenters. The fourth-order valence-corrected chi connectivity index (χ4v) is 4.06. The first kappa shape index (κ1) is 20.3. The first-order valence-corrected chi connectivity index (χ1v) is 10.3. The fraction of sp³-hybridized carbons (Fsp3) is 0.0455. The third-order valence-electron chi connectivity index (χ3n) is 4.16. The summed E-state index contributed by atoms with van der Waals surface area (Å²) < 4.78 is 16.9. The number of nitrogens with zero attached hydrogens (tertiary/aromatic N) is 1. The zero-order valence-corrected chi connectivity index (χ0v) is 18.7. The lowest BCUT2D eigenvalue weighted by Gasteiger charge is -2.10. The van der Waals surface area contributed by atoms with Gasteiger partial charge in [-0.2, -0.15) is 0 Å². The van der Waals surface area contributed by atoms with Gasteiger partial charge in [0.15, 0.2) is 17.2 Å². The number of halogens is 2. The molecule has 1 aliphatic rings. The van der Waals surface area contributed by atoms with Crippen molar-refractivity contribution in [3.05, 3.63) is 91.9 Å². The summed E-state index contributed by atoms with van der Waals surface area (Å²) in [4.78, 5) is 28.7. The molecule has 0 saturated heterocycles. The van der Waals surface area contributed by atoms with Gasteiger partial charge < -0.3 is 13.9 Å². The number of rotatable bonds is 4. The average Bonchev–Trinajstić information content (AvgIpc) is 3.35. The van der Waals surface area contributed by atoms with Crippen LogP contribution in [0.5, 0.6) is 5.75 Å². The van der Waals surface area contributed by atoms with Crippen molar-refractivity contribution < 1.29 is 23.5 Å². The highest BCUT2D eigenvalue weighted by molar-refractivity contribution is 9.11. The molecule has 0 spiro atoms. The summed E-state index contributed by atoms with van der Waals surface area (Å²) in [5.74, 6) is -0.250. The predicted molar refractivity (Wildman–Crippen MR) is 117 cm³/mol. The lowest BCUT2D eigenvalue weighted by atomic mass is 10.1. The van der Waals surface area contributed by atoms with E-state index in [-0.39, 0.29) is 11.6 Å². The normalized spacial score (nSPS) is 14.6. The van der Waals surface area contributed by atoms with Crippen LogP contribution in [0.15, 0.2) is 78.8 Å². The van der Waals surface area contributed by atoms with Gasteiger partial charge >= 0.3 is 11.9 Å². The molecule has 6 nitrogen and oxygen atoms in total. The van der Waals surface area contributed by atoms with E-state index in [1.807, 2.05) is 19.1 Å². The first-order valence-electron chi connectivity index (χ1n) is 8.75. The summed E-state index contributed by atoms with van der Waals surface area (Å²) in [5.41, 5.74) is 2.28. The molecule has 30 heavy (non-hydrogen) atoms. The van der Waals surface area contributed by atoms with Gasteiger partial charge in [0.1, 0.15) is 0 Å². The largest absolute Gasteiger partial charge is 0.459 e. The van der Waals surface area contributed by atoms with Gasteiger partial charge in [0, 0.05) is 0 Å². The van der Waals surface area contributed by atoms with Crippen LogP contribution in [0.25, 0.3) is 6.08 Å². The third-order valence-corrected chi connectivity index (χ3v) is 5.34. The molecule has 8 heteroatoms. The number of carbonyl (C=O) groups is 2. The van der Waals surface area contributed by atoms with Gasteiger partial charge in [0.2, 0.25) is 0 Å². The second kappa shape index (κ2) is 8.41. The van der Waals surface area contributed by atoms with Crippen LogP contribution in [0.3, 0.4) is 0 Å². The van der Waals surface area contributed by atoms with Gasteiger partial charge in [-0.1, -0.05) is 17.7 Å². The second-order valence-corrected chi connectivity index (χ2v) is 8.09. The Balaban J connectivity index is 1.58. The van der Waals surface area contributed by atoms with Gasteiger partial charge in [-0.25, -0.2) is 14.6 Å². The Labute approximate surface area is 188 Å². The number of aryl methyl sites for hydroxylation is 1. The van der Waals surface area contributed by atoms with Gasteiger partial charge in [0.05, 0.1) is 20.8 Å². The van der Waals surface area contributed by atoms with Crippen LogP contribution < -0.4 is 4.74 Å². The fourth-order valence-electron chi connectivity index (χ4n) is 2.67. The van der Waals surface area contributed by atoms with Crippen molar-refractivity contribution in [1.82, 2.24) is 0 Å². The van der Waals surface area contributed by atoms with Gasteiger partial charge in [0.25, 0.3) is 5.90 Å². The molecule has 1 aliphatic heterocycles. The molecule has 4 rings (SSSR count). The topological polar surface area (TPSA) is 78.1 Å². The average molecular weight is 531 g/mol. The van der Waals surface area contributed by atoms with Crippen molar-refractivity contribution in [2.75, 3.05) is 0 Å². The standard InChI is InChI=1S/C22H13Br2NO5/c1-12-4-6-14(7-5-12)21(26)29-19-15(23)9-13(10-16(19)24)11-17-22(27)30-20(25-17)18-3-2-8-28-18/h2-11H,1H3/b17-11-. The van der Waals surface area contributed by atoms with Crippen LogP contribution in [-0.4, -0.2) is 17.8 Å². The summed E-state index contributed by atoms with van der Waals surface area (Å²) in [6.45, 7) is 1.94. The van der Waals surface area contributed by atoms with Crippen LogP contribution in [0.2, 0.25) is 0 Å². The molecule has 0 saturated carbocycles. The maximum atomic E-state index is 12.4. The lowest BCUT2D eigenvalue weighted by Crippen LogP contribution is -2.09. The van der Waals surface area contributed by atoms with Crippen LogP contribution in [0.1, 0.15) is 27.2 Å². The predicted octanol–water partition coefficient (Wildman–Crippen LogP) is 5.68. The molecule has 0 aliphatic carbocycles. The Morgan fingerprint density at radius 1 is 1.10 bits per heavy atom. The Kier molecular flexibility index (Phi) is 5.69. The van der Waals surface area contributed by atoms with E-state index >= 15 is 0 Å². The molecule has 3 aromatic rings. The van der Waals surface area contributed by atoms with Crippen LogP contribution in [0.4, 0.5) is 0 Å². The maximum absolute atomic E-state index is 12.4. The number of furan rings is 1. The highest BCUT2D eigenvalue weighted by atomic mass is 79.9. The quantitative estimate of drug-likeness (QED) is 0.246. The first-order chi connectivity index (χ1) is 14.4. The number of hydrogen-bond donors (Lipinski definition) is 0. The smallest absolute Gasteiger partial charge is 0.363 e.